The van der Waals surface area contributed by atoms with Crippen LogP contribution >= 0.6 is 0 Å². The summed E-state index contributed by atoms with van der Waals surface area (Å²) in [6.45, 7) is 2.45. The molecular formula is C19H22N2O2. The summed E-state index contributed by atoms with van der Waals surface area (Å²) in [7, 11) is 3.67. The number of nitrogens with one attached hydrogen (secondary N) is 1. The van der Waals surface area contributed by atoms with E-state index in [1.165, 1.54) is 0 Å². The smallest absolute Gasteiger partial charge is 0.182 e. The van der Waals surface area contributed by atoms with E-state index >= 15 is 0 Å². The Morgan fingerprint density at radius 2 is 1.61 bits per heavy atom. The molecule has 120 valence electrons. The molecule has 0 heterocycles. The van der Waals surface area contributed by atoms with Gasteiger partial charge in [0.1, 0.15) is 0 Å². The highest BCUT2D eigenvalue weighted by atomic mass is 16.1. The molecule has 0 aliphatic carbocycles. The van der Waals surface area contributed by atoms with Crippen LogP contribution in [0.1, 0.15) is 26.3 Å². The van der Waals surface area contributed by atoms with Gasteiger partial charge in [0.15, 0.2) is 11.6 Å². The van der Waals surface area contributed by atoms with Gasteiger partial charge in [-0.15, -0.1) is 0 Å². The molecule has 2 aromatic carbocycles. The standard InChI is InChI=1S/C19H22N2O2/c1-14-7-6-8-15(11-14)20-12-18(22)16-9-4-5-10-17(16)19(23)13-21(2)3/h4-11,20H,12-13H2,1-3H3. The number of carbonyl (C=O) groups excluding carboxylic acids is 2. The van der Waals surface area contributed by atoms with E-state index in [1.807, 2.05) is 45.3 Å². The van der Waals surface area contributed by atoms with Crippen molar-refractivity contribution in [1.82, 2.24) is 4.90 Å². The van der Waals surface area contributed by atoms with Crippen molar-refractivity contribution < 1.29 is 9.59 Å². The van der Waals surface area contributed by atoms with E-state index in [2.05, 4.69) is 5.32 Å². The third kappa shape index (κ3) is 4.76. The van der Waals surface area contributed by atoms with E-state index < -0.39 is 0 Å². The zero-order valence-electron chi connectivity index (χ0n) is 13.8. The number of hydrogen-bond donors (Lipinski definition) is 1. The molecule has 0 aliphatic heterocycles. The van der Waals surface area contributed by atoms with E-state index in [1.54, 1.807) is 29.2 Å². The van der Waals surface area contributed by atoms with Crippen LogP contribution in [-0.4, -0.2) is 43.7 Å². The first kappa shape index (κ1) is 16.9. The fourth-order valence-electron chi connectivity index (χ4n) is 2.37. The number of carbonyl (C=O) groups is 2. The molecule has 2 aromatic rings. The molecule has 1 N–H and O–H groups in total. The predicted octanol–water partition coefficient (Wildman–Crippen LogP) is 3.03. The average molecular weight is 310 g/mol. The van der Waals surface area contributed by atoms with Crippen molar-refractivity contribution in [2.45, 2.75) is 6.92 Å². The first-order valence-electron chi connectivity index (χ1n) is 7.58. The summed E-state index contributed by atoms with van der Waals surface area (Å²) in [5, 5.41) is 3.12. The Morgan fingerprint density at radius 3 is 2.22 bits per heavy atom. The zero-order valence-corrected chi connectivity index (χ0v) is 13.8. The molecule has 0 saturated carbocycles. The Morgan fingerprint density at radius 1 is 0.957 bits per heavy atom. The van der Waals surface area contributed by atoms with Crippen LogP contribution in [0.5, 0.6) is 0 Å². The summed E-state index contributed by atoms with van der Waals surface area (Å²) in [5.74, 6) is -0.135. The lowest BCUT2D eigenvalue weighted by molar-refractivity contribution is 0.0941. The van der Waals surface area contributed by atoms with Gasteiger partial charge in [0.25, 0.3) is 0 Å². The van der Waals surface area contributed by atoms with Crippen LogP contribution in [0.4, 0.5) is 5.69 Å². The van der Waals surface area contributed by atoms with Crippen LogP contribution in [0.3, 0.4) is 0 Å². The largest absolute Gasteiger partial charge is 0.378 e. The monoisotopic (exact) mass is 310 g/mol. The molecule has 0 saturated heterocycles. The lowest BCUT2D eigenvalue weighted by Gasteiger charge is -2.12. The number of Topliss-reactive ketones (excluding diaryl/α,β-unsaturated/α-hetero) is 2. The van der Waals surface area contributed by atoms with Gasteiger partial charge < -0.3 is 10.2 Å². The SMILES string of the molecule is Cc1cccc(NCC(=O)c2ccccc2C(=O)CN(C)C)c1. The van der Waals surface area contributed by atoms with Crippen molar-refractivity contribution in [1.29, 1.82) is 0 Å². The number of likely N-dealkylation sites (N-methyl/N-ethyl adjacent to an activating group) is 1. The molecule has 0 aliphatic rings. The van der Waals surface area contributed by atoms with Gasteiger partial charge in [-0.2, -0.15) is 0 Å². The molecule has 0 unspecified atom stereocenters. The highest BCUT2D eigenvalue weighted by molar-refractivity contribution is 6.10. The molecule has 0 amide bonds. The molecule has 2 rings (SSSR count). The van der Waals surface area contributed by atoms with Gasteiger partial charge in [-0.05, 0) is 38.7 Å². The average Bonchev–Trinajstić information content (AvgIpc) is 2.52. The number of nitrogens with zero attached hydrogens (tertiary/aromatic N) is 1. The van der Waals surface area contributed by atoms with Crippen molar-refractivity contribution in [3.8, 4) is 0 Å². The van der Waals surface area contributed by atoms with Gasteiger partial charge in [-0.3, -0.25) is 9.59 Å². The Bertz CT molecular complexity index is 708. The first-order valence-corrected chi connectivity index (χ1v) is 7.58. The molecule has 4 heteroatoms. The maximum absolute atomic E-state index is 12.5. The van der Waals surface area contributed by atoms with Crippen LogP contribution in [0.2, 0.25) is 0 Å². The summed E-state index contributed by atoms with van der Waals surface area (Å²) in [4.78, 5) is 26.6. The Hall–Kier alpha value is -2.46. The van der Waals surface area contributed by atoms with Crippen molar-refractivity contribution in [3.63, 3.8) is 0 Å². The van der Waals surface area contributed by atoms with Crippen LogP contribution in [0.25, 0.3) is 0 Å². The van der Waals surface area contributed by atoms with Gasteiger partial charge in [0.05, 0.1) is 13.1 Å². The molecule has 0 spiro atoms. The normalized spacial score (nSPS) is 10.6. The number of anilines is 1. The van der Waals surface area contributed by atoms with E-state index in [4.69, 9.17) is 0 Å². The summed E-state index contributed by atoms with van der Waals surface area (Å²) in [6, 6.07) is 14.8. The fraction of sp³-hybridized carbons (Fsp3) is 0.263. The third-order valence-electron chi connectivity index (χ3n) is 3.46. The summed E-state index contributed by atoms with van der Waals surface area (Å²) < 4.78 is 0. The number of rotatable bonds is 7. The van der Waals surface area contributed by atoms with E-state index in [0.29, 0.717) is 11.1 Å². The van der Waals surface area contributed by atoms with E-state index in [9.17, 15) is 9.59 Å². The maximum Gasteiger partial charge on any atom is 0.182 e. The quantitative estimate of drug-likeness (QED) is 0.799. The minimum atomic E-state index is -0.0887. The predicted molar refractivity (Wildman–Crippen MR) is 93.3 cm³/mol. The zero-order chi connectivity index (χ0) is 16.8. The number of hydrogen-bond acceptors (Lipinski definition) is 4. The molecule has 23 heavy (non-hydrogen) atoms. The highest BCUT2D eigenvalue weighted by Gasteiger charge is 2.16. The second-order valence-electron chi connectivity index (χ2n) is 5.85. The van der Waals surface area contributed by atoms with E-state index in [0.717, 1.165) is 11.3 Å². The van der Waals surface area contributed by atoms with Gasteiger partial charge >= 0.3 is 0 Å². The minimum absolute atomic E-state index is 0.0468. The molecule has 0 aromatic heterocycles. The second-order valence-corrected chi connectivity index (χ2v) is 5.85. The Kier molecular flexibility index (Phi) is 5.66. The fourth-order valence-corrected chi connectivity index (χ4v) is 2.37. The minimum Gasteiger partial charge on any atom is -0.378 e. The third-order valence-corrected chi connectivity index (χ3v) is 3.46. The van der Waals surface area contributed by atoms with Crippen LogP contribution in [0, 0.1) is 6.92 Å². The first-order chi connectivity index (χ1) is 11.0. The van der Waals surface area contributed by atoms with Crippen molar-refractivity contribution in [2.24, 2.45) is 0 Å². The molecule has 0 bridgehead atoms. The Balaban J connectivity index is 2.11. The lowest BCUT2D eigenvalue weighted by Crippen LogP contribution is -2.24. The molecule has 0 fully saturated rings. The molecular weight excluding hydrogens is 288 g/mol. The van der Waals surface area contributed by atoms with E-state index in [-0.39, 0.29) is 24.7 Å². The van der Waals surface area contributed by atoms with Gasteiger partial charge in [-0.1, -0.05) is 36.4 Å². The number of aryl methyl sites for hydroxylation is 1. The van der Waals surface area contributed by atoms with Crippen molar-refractivity contribution >= 4 is 17.3 Å². The summed E-state index contributed by atoms with van der Waals surface area (Å²) in [6.07, 6.45) is 0. The van der Waals surface area contributed by atoms with Crippen molar-refractivity contribution in [3.05, 3.63) is 65.2 Å². The molecule has 0 atom stereocenters. The highest BCUT2D eigenvalue weighted by Crippen LogP contribution is 2.13. The topological polar surface area (TPSA) is 49.4 Å². The molecule has 0 radical (unpaired) electrons. The van der Waals surface area contributed by atoms with Crippen molar-refractivity contribution in [2.75, 3.05) is 32.5 Å². The summed E-state index contributed by atoms with van der Waals surface area (Å²) in [5.41, 5.74) is 2.98. The maximum atomic E-state index is 12.5. The van der Waals surface area contributed by atoms with Gasteiger partial charge in [-0.25, -0.2) is 0 Å². The number of benzene rings is 2. The second kappa shape index (κ2) is 7.70. The molecule has 4 nitrogen and oxygen atoms in total. The summed E-state index contributed by atoms with van der Waals surface area (Å²) >= 11 is 0. The van der Waals surface area contributed by atoms with Gasteiger partial charge in [0.2, 0.25) is 0 Å². The van der Waals surface area contributed by atoms with Crippen LogP contribution in [0.15, 0.2) is 48.5 Å². The lowest BCUT2D eigenvalue weighted by atomic mass is 9.99. The van der Waals surface area contributed by atoms with Crippen LogP contribution < -0.4 is 5.32 Å². The van der Waals surface area contributed by atoms with Crippen LogP contribution in [-0.2, 0) is 0 Å². The Labute approximate surface area is 137 Å². The number of ketones is 2. The van der Waals surface area contributed by atoms with Gasteiger partial charge in [0, 0.05) is 16.8 Å².